The fourth-order valence-electron chi connectivity index (χ4n) is 1.82. The zero-order valence-corrected chi connectivity index (χ0v) is 11.7. The molecule has 0 aliphatic heterocycles. The summed E-state index contributed by atoms with van der Waals surface area (Å²) in [6.45, 7) is 6.28. The van der Waals surface area contributed by atoms with Gasteiger partial charge >= 0.3 is 5.97 Å². The Balaban J connectivity index is 3.03. The second kappa shape index (κ2) is 7.42. The van der Waals surface area contributed by atoms with Crippen LogP contribution in [0.15, 0.2) is 18.2 Å². The van der Waals surface area contributed by atoms with Crippen LogP contribution in [0.25, 0.3) is 0 Å². The van der Waals surface area contributed by atoms with Gasteiger partial charge in [-0.25, -0.2) is 4.79 Å². The SMILES string of the molecule is CCOC(=O)c1ccc(C#N)c(NC(CC)CC)c1. The highest BCUT2D eigenvalue weighted by atomic mass is 16.5. The van der Waals surface area contributed by atoms with E-state index in [2.05, 4.69) is 25.2 Å². The zero-order valence-electron chi connectivity index (χ0n) is 11.7. The van der Waals surface area contributed by atoms with Gasteiger partial charge in [0.25, 0.3) is 0 Å². The van der Waals surface area contributed by atoms with Gasteiger partial charge in [-0.2, -0.15) is 5.26 Å². The van der Waals surface area contributed by atoms with Crippen LogP contribution in [0.3, 0.4) is 0 Å². The topological polar surface area (TPSA) is 62.1 Å². The quantitative estimate of drug-likeness (QED) is 0.797. The van der Waals surface area contributed by atoms with E-state index in [9.17, 15) is 4.79 Å². The third-order valence-corrected chi connectivity index (χ3v) is 3.00. The lowest BCUT2D eigenvalue weighted by Gasteiger charge is -2.17. The summed E-state index contributed by atoms with van der Waals surface area (Å²) in [5, 5.41) is 12.4. The van der Waals surface area contributed by atoms with Gasteiger partial charge in [-0.3, -0.25) is 0 Å². The van der Waals surface area contributed by atoms with Crippen molar-refractivity contribution in [3.8, 4) is 6.07 Å². The lowest BCUT2D eigenvalue weighted by Crippen LogP contribution is -2.18. The third-order valence-electron chi connectivity index (χ3n) is 3.00. The second-order valence-corrected chi connectivity index (χ2v) is 4.25. The van der Waals surface area contributed by atoms with Gasteiger partial charge in [0.2, 0.25) is 0 Å². The Morgan fingerprint density at radius 2 is 2.05 bits per heavy atom. The summed E-state index contributed by atoms with van der Waals surface area (Å²) in [5.41, 5.74) is 1.70. The molecule has 4 heteroatoms. The zero-order chi connectivity index (χ0) is 14.3. The number of rotatable bonds is 6. The van der Waals surface area contributed by atoms with Crippen LogP contribution in [-0.4, -0.2) is 18.6 Å². The molecular formula is C15H20N2O2. The summed E-state index contributed by atoms with van der Waals surface area (Å²) in [6, 6.07) is 7.39. The average molecular weight is 260 g/mol. The highest BCUT2D eigenvalue weighted by Gasteiger charge is 2.12. The highest BCUT2D eigenvalue weighted by Crippen LogP contribution is 2.20. The van der Waals surface area contributed by atoms with Crippen LogP contribution in [0.2, 0.25) is 0 Å². The summed E-state index contributed by atoms with van der Waals surface area (Å²) in [4.78, 5) is 11.7. The average Bonchev–Trinajstić information content (AvgIpc) is 2.44. The third kappa shape index (κ3) is 3.99. The van der Waals surface area contributed by atoms with Crippen molar-refractivity contribution in [2.24, 2.45) is 0 Å². The first-order valence-corrected chi connectivity index (χ1v) is 6.64. The maximum atomic E-state index is 11.7. The lowest BCUT2D eigenvalue weighted by atomic mass is 10.1. The number of hydrogen-bond donors (Lipinski definition) is 1. The minimum absolute atomic E-state index is 0.296. The van der Waals surface area contributed by atoms with E-state index >= 15 is 0 Å². The van der Waals surface area contributed by atoms with Gasteiger partial charge in [-0.15, -0.1) is 0 Å². The van der Waals surface area contributed by atoms with E-state index in [1.165, 1.54) is 0 Å². The number of anilines is 1. The molecule has 0 saturated carbocycles. The Hall–Kier alpha value is -2.02. The fourth-order valence-corrected chi connectivity index (χ4v) is 1.82. The van der Waals surface area contributed by atoms with E-state index in [0.29, 0.717) is 29.5 Å². The molecule has 1 N–H and O–H groups in total. The van der Waals surface area contributed by atoms with Crippen LogP contribution >= 0.6 is 0 Å². The molecule has 0 saturated heterocycles. The van der Waals surface area contributed by atoms with Crippen molar-refractivity contribution in [2.45, 2.75) is 39.7 Å². The van der Waals surface area contributed by atoms with Crippen molar-refractivity contribution in [3.63, 3.8) is 0 Å². The molecule has 0 atom stereocenters. The molecule has 0 aliphatic rings. The van der Waals surface area contributed by atoms with Crippen molar-refractivity contribution >= 4 is 11.7 Å². The highest BCUT2D eigenvalue weighted by molar-refractivity contribution is 5.91. The number of nitriles is 1. The maximum absolute atomic E-state index is 11.7. The Morgan fingerprint density at radius 3 is 2.58 bits per heavy atom. The smallest absolute Gasteiger partial charge is 0.338 e. The first-order chi connectivity index (χ1) is 9.15. The molecule has 1 aromatic rings. The number of benzene rings is 1. The van der Waals surface area contributed by atoms with Gasteiger partial charge in [0.1, 0.15) is 6.07 Å². The van der Waals surface area contributed by atoms with Crippen molar-refractivity contribution in [2.75, 3.05) is 11.9 Å². The molecule has 0 aromatic heterocycles. The number of carbonyl (C=O) groups excluding carboxylic acids is 1. The Morgan fingerprint density at radius 1 is 1.37 bits per heavy atom. The maximum Gasteiger partial charge on any atom is 0.338 e. The van der Waals surface area contributed by atoms with Crippen LogP contribution in [0.5, 0.6) is 0 Å². The lowest BCUT2D eigenvalue weighted by molar-refractivity contribution is 0.0526. The van der Waals surface area contributed by atoms with Gasteiger partial charge in [0.05, 0.1) is 23.4 Å². The fraction of sp³-hybridized carbons (Fsp3) is 0.467. The summed E-state index contributed by atoms with van der Waals surface area (Å²) in [7, 11) is 0. The van der Waals surface area contributed by atoms with E-state index in [-0.39, 0.29) is 5.97 Å². The van der Waals surface area contributed by atoms with Gasteiger partial charge in [0.15, 0.2) is 0 Å². The minimum atomic E-state index is -0.361. The molecule has 19 heavy (non-hydrogen) atoms. The van der Waals surface area contributed by atoms with Crippen molar-refractivity contribution in [1.82, 2.24) is 0 Å². The minimum Gasteiger partial charge on any atom is -0.462 e. The number of carbonyl (C=O) groups is 1. The second-order valence-electron chi connectivity index (χ2n) is 4.25. The summed E-state index contributed by atoms with van der Waals surface area (Å²) >= 11 is 0. The summed E-state index contributed by atoms with van der Waals surface area (Å²) in [6.07, 6.45) is 1.93. The number of nitrogens with one attached hydrogen (secondary N) is 1. The molecule has 0 heterocycles. The summed E-state index contributed by atoms with van der Waals surface area (Å²) < 4.78 is 4.96. The van der Waals surface area contributed by atoms with E-state index in [1.807, 2.05) is 0 Å². The monoisotopic (exact) mass is 260 g/mol. The number of esters is 1. The standard InChI is InChI=1S/C15H20N2O2/c1-4-13(5-2)17-14-9-11(15(18)19-6-3)7-8-12(14)10-16/h7-9,13,17H,4-6H2,1-3H3. The first kappa shape index (κ1) is 15.0. The predicted octanol–water partition coefficient (Wildman–Crippen LogP) is 3.34. The molecule has 1 aromatic carbocycles. The Labute approximate surface area is 114 Å². The first-order valence-electron chi connectivity index (χ1n) is 6.64. The van der Waals surface area contributed by atoms with Crippen molar-refractivity contribution in [3.05, 3.63) is 29.3 Å². The van der Waals surface area contributed by atoms with Gasteiger partial charge in [-0.05, 0) is 38.0 Å². The van der Waals surface area contributed by atoms with Gasteiger partial charge < -0.3 is 10.1 Å². The van der Waals surface area contributed by atoms with Crippen LogP contribution < -0.4 is 5.32 Å². The Bertz CT molecular complexity index is 474. The van der Waals surface area contributed by atoms with Crippen LogP contribution in [0.1, 0.15) is 49.5 Å². The van der Waals surface area contributed by atoms with E-state index in [0.717, 1.165) is 12.8 Å². The molecule has 0 radical (unpaired) electrons. The number of hydrogen-bond acceptors (Lipinski definition) is 4. The van der Waals surface area contributed by atoms with Crippen molar-refractivity contribution in [1.29, 1.82) is 5.26 Å². The van der Waals surface area contributed by atoms with Crippen molar-refractivity contribution < 1.29 is 9.53 Å². The summed E-state index contributed by atoms with van der Waals surface area (Å²) in [5.74, 6) is -0.361. The predicted molar refractivity (Wildman–Crippen MR) is 75.1 cm³/mol. The molecule has 1 rings (SSSR count). The molecule has 0 unspecified atom stereocenters. The molecule has 0 aliphatic carbocycles. The molecule has 0 bridgehead atoms. The van der Waals surface area contributed by atoms with Gasteiger partial charge in [0, 0.05) is 6.04 Å². The largest absolute Gasteiger partial charge is 0.462 e. The van der Waals surface area contributed by atoms with Crippen LogP contribution in [0.4, 0.5) is 5.69 Å². The van der Waals surface area contributed by atoms with Gasteiger partial charge in [-0.1, -0.05) is 13.8 Å². The molecule has 0 spiro atoms. The molecule has 0 amide bonds. The number of nitrogens with zero attached hydrogens (tertiary/aromatic N) is 1. The number of ether oxygens (including phenoxy) is 1. The molecule has 0 fully saturated rings. The molecule has 4 nitrogen and oxygen atoms in total. The molecule has 102 valence electrons. The van der Waals surface area contributed by atoms with E-state index in [4.69, 9.17) is 10.00 Å². The van der Waals surface area contributed by atoms with E-state index in [1.54, 1.807) is 25.1 Å². The normalized spacial score (nSPS) is 10.1. The van der Waals surface area contributed by atoms with Crippen LogP contribution in [0, 0.1) is 11.3 Å². The molecular weight excluding hydrogens is 240 g/mol. The van der Waals surface area contributed by atoms with E-state index < -0.39 is 0 Å². The van der Waals surface area contributed by atoms with Crippen LogP contribution in [-0.2, 0) is 4.74 Å². The Kier molecular flexibility index (Phi) is 5.87.